The molecule has 0 atom stereocenters. The van der Waals surface area contributed by atoms with Crippen molar-refractivity contribution >= 4 is 40.4 Å². The summed E-state index contributed by atoms with van der Waals surface area (Å²) < 4.78 is 1.25. The average molecular weight is 279 g/mol. The first kappa shape index (κ1) is 12.2. The number of hydrogen-bond acceptors (Lipinski definition) is 3. The molecule has 0 unspecified atom stereocenters. The third kappa shape index (κ3) is 2.88. The maximum Gasteiger partial charge on any atom is 0.227 e. The Morgan fingerprint density at radius 2 is 2.12 bits per heavy atom. The number of nitrogens with one attached hydrogen (secondary N) is 1. The molecule has 0 aromatic carbocycles. The van der Waals surface area contributed by atoms with Gasteiger partial charge < -0.3 is 10.2 Å². The zero-order valence-electron chi connectivity index (χ0n) is 8.63. The molecule has 1 N–H and O–H groups in total. The van der Waals surface area contributed by atoms with E-state index in [4.69, 9.17) is 23.2 Å². The molecule has 0 bridgehead atoms. The predicted octanol–water partition coefficient (Wildman–Crippen LogP) is 2.03. The Balaban J connectivity index is 1.98. The number of piperazine rings is 1. The van der Waals surface area contributed by atoms with Crippen molar-refractivity contribution in [2.45, 2.75) is 6.42 Å². The lowest BCUT2D eigenvalue weighted by molar-refractivity contribution is -0.131. The van der Waals surface area contributed by atoms with Crippen LogP contribution in [0.4, 0.5) is 0 Å². The van der Waals surface area contributed by atoms with Crippen LogP contribution in [0.5, 0.6) is 0 Å². The summed E-state index contributed by atoms with van der Waals surface area (Å²) in [6.45, 7) is 3.27. The van der Waals surface area contributed by atoms with Crippen LogP contribution in [0.15, 0.2) is 6.07 Å². The lowest BCUT2D eigenvalue weighted by atomic mass is 10.2. The summed E-state index contributed by atoms with van der Waals surface area (Å²) in [7, 11) is 0. The number of amides is 1. The van der Waals surface area contributed by atoms with Crippen molar-refractivity contribution in [1.29, 1.82) is 0 Å². The van der Waals surface area contributed by atoms with Gasteiger partial charge in [0.2, 0.25) is 5.91 Å². The fraction of sp³-hybridized carbons (Fsp3) is 0.500. The van der Waals surface area contributed by atoms with Gasteiger partial charge in [-0.15, -0.1) is 11.3 Å². The van der Waals surface area contributed by atoms with E-state index >= 15 is 0 Å². The largest absolute Gasteiger partial charge is 0.340 e. The van der Waals surface area contributed by atoms with E-state index in [0.717, 1.165) is 31.7 Å². The molecule has 2 heterocycles. The molecule has 88 valence electrons. The Bertz CT molecular complexity index is 388. The molecule has 1 aromatic rings. The van der Waals surface area contributed by atoms with Gasteiger partial charge in [0.15, 0.2) is 0 Å². The van der Waals surface area contributed by atoms with Crippen molar-refractivity contribution in [2.24, 2.45) is 0 Å². The Kier molecular flexibility index (Phi) is 4.08. The van der Waals surface area contributed by atoms with Gasteiger partial charge in [0.1, 0.15) is 0 Å². The third-order valence-corrected chi connectivity index (χ3v) is 4.11. The van der Waals surface area contributed by atoms with E-state index in [2.05, 4.69) is 5.32 Å². The van der Waals surface area contributed by atoms with Gasteiger partial charge in [-0.1, -0.05) is 23.2 Å². The first-order valence-electron chi connectivity index (χ1n) is 5.09. The fourth-order valence-corrected chi connectivity index (χ4v) is 3.17. The zero-order chi connectivity index (χ0) is 11.5. The van der Waals surface area contributed by atoms with Gasteiger partial charge in [-0.05, 0) is 11.6 Å². The molecule has 0 aliphatic carbocycles. The molecule has 3 nitrogen and oxygen atoms in total. The summed E-state index contributed by atoms with van der Waals surface area (Å²) in [6, 6.07) is 1.77. The molecule has 6 heteroatoms. The normalized spacial score (nSPS) is 16.5. The Morgan fingerprint density at radius 1 is 1.44 bits per heavy atom. The van der Waals surface area contributed by atoms with E-state index in [9.17, 15) is 4.79 Å². The minimum Gasteiger partial charge on any atom is -0.340 e. The van der Waals surface area contributed by atoms with E-state index in [-0.39, 0.29) is 5.91 Å². The summed E-state index contributed by atoms with van der Waals surface area (Å²) in [4.78, 5) is 13.8. The Hall–Kier alpha value is -0.290. The predicted molar refractivity (Wildman–Crippen MR) is 67.5 cm³/mol. The van der Waals surface area contributed by atoms with Crippen LogP contribution in [-0.4, -0.2) is 37.0 Å². The summed E-state index contributed by atoms with van der Waals surface area (Å²) in [5.41, 5.74) is 0.834. The van der Waals surface area contributed by atoms with E-state index in [1.807, 2.05) is 4.90 Å². The Morgan fingerprint density at radius 3 is 2.69 bits per heavy atom. The number of rotatable bonds is 2. The van der Waals surface area contributed by atoms with Gasteiger partial charge in [-0.2, -0.15) is 0 Å². The molecule has 0 radical (unpaired) electrons. The summed E-state index contributed by atoms with van der Waals surface area (Å²) in [5, 5.41) is 3.21. The number of carbonyl (C=O) groups is 1. The van der Waals surface area contributed by atoms with Crippen LogP contribution >= 0.6 is 34.5 Å². The molecular weight excluding hydrogens is 267 g/mol. The molecule has 0 saturated carbocycles. The van der Waals surface area contributed by atoms with Crippen molar-refractivity contribution in [3.63, 3.8) is 0 Å². The standard InChI is InChI=1S/C10H12Cl2N2OS/c11-8-5-7(10(12)16-8)6-9(15)14-3-1-13-2-4-14/h5,13H,1-4,6H2. The second-order valence-corrected chi connectivity index (χ2v) is 5.94. The highest BCUT2D eigenvalue weighted by atomic mass is 35.5. The molecule has 1 aliphatic rings. The van der Waals surface area contributed by atoms with Gasteiger partial charge in [0.05, 0.1) is 15.1 Å². The van der Waals surface area contributed by atoms with Gasteiger partial charge >= 0.3 is 0 Å². The van der Waals surface area contributed by atoms with Gasteiger partial charge in [-0.3, -0.25) is 4.79 Å². The quantitative estimate of drug-likeness (QED) is 0.898. The zero-order valence-corrected chi connectivity index (χ0v) is 11.0. The van der Waals surface area contributed by atoms with Gasteiger partial charge in [-0.25, -0.2) is 0 Å². The van der Waals surface area contributed by atoms with Crippen molar-refractivity contribution < 1.29 is 4.79 Å². The summed E-state index contributed by atoms with van der Waals surface area (Å²) >= 11 is 13.1. The summed E-state index contributed by atoms with van der Waals surface area (Å²) in [6.07, 6.45) is 0.349. The highest BCUT2D eigenvalue weighted by molar-refractivity contribution is 7.20. The first-order valence-corrected chi connectivity index (χ1v) is 6.66. The van der Waals surface area contributed by atoms with Crippen LogP contribution < -0.4 is 5.32 Å². The third-order valence-electron chi connectivity index (χ3n) is 2.54. The maximum atomic E-state index is 11.9. The van der Waals surface area contributed by atoms with E-state index in [1.54, 1.807) is 6.07 Å². The number of carbonyl (C=O) groups excluding carboxylic acids is 1. The smallest absolute Gasteiger partial charge is 0.227 e. The van der Waals surface area contributed by atoms with Crippen LogP contribution in [-0.2, 0) is 11.2 Å². The van der Waals surface area contributed by atoms with Crippen molar-refractivity contribution in [3.05, 3.63) is 20.3 Å². The van der Waals surface area contributed by atoms with E-state index < -0.39 is 0 Å². The highest BCUT2D eigenvalue weighted by Gasteiger charge is 2.18. The van der Waals surface area contributed by atoms with Crippen LogP contribution in [0, 0.1) is 0 Å². The second kappa shape index (κ2) is 5.36. The molecule has 1 aromatic heterocycles. The lowest BCUT2D eigenvalue weighted by Crippen LogP contribution is -2.46. The van der Waals surface area contributed by atoms with Gasteiger partial charge in [0.25, 0.3) is 0 Å². The SMILES string of the molecule is O=C(Cc1cc(Cl)sc1Cl)N1CCNCC1. The molecule has 1 aliphatic heterocycles. The van der Waals surface area contributed by atoms with Crippen LogP contribution in [0.25, 0.3) is 0 Å². The molecule has 2 rings (SSSR count). The molecular formula is C10H12Cl2N2OS. The monoisotopic (exact) mass is 278 g/mol. The Labute approximate surface area is 108 Å². The van der Waals surface area contributed by atoms with Crippen LogP contribution in [0.2, 0.25) is 8.67 Å². The van der Waals surface area contributed by atoms with Gasteiger partial charge in [0, 0.05) is 26.2 Å². The number of halogens is 2. The first-order chi connectivity index (χ1) is 7.66. The molecule has 1 amide bonds. The number of nitrogens with zero attached hydrogens (tertiary/aromatic N) is 1. The van der Waals surface area contributed by atoms with Crippen molar-refractivity contribution in [1.82, 2.24) is 10.2 Å². The average Bonchev–Trinajstić information content (AvgIpc) is 2.59. The maximum absolute atomic E-state index is 11.9. The van der Waals surface area contributed by atoms with E-state index in [1.165, 1.54) is 11.3 Å². The topological polar surface area (TPSA) is 32.3 Å². The number of thiophene rings is 1. The molecule has 0 spiro atoms. The molecule has 1 fully saturated rings. The minimum atomic E-state index is 0.123. The van der Waals surface area contributed by atoms with Crippen LogP contribution in [0.1, 0.15) is 5.56 Å². The molecule has 1 saturated heterocycles. The van der Waals surface area contributed by atoms with Crippen molar-refractivity contribution in [3.8, 4) is 0 Å². The summed E-state index contributed by atoms with van der Waals surface area (Å²) in [5.74, 6) is 0.123. The van der Waals surface area contributed by atoms with Crippen molar-refractivity contribution in [2.75, 3.05) is 26.2 Å². The second-order valence-electron chi connectivity index (χ2n) is 3.66. The number of hydrogen-bond donors (Lipinski definition) is 1. The van der Waals surface area contributed by atoms with Crippen LogP contribution in [0.3, 0.4) is 0 Å². The molecule has 16 heavy (non-hydrogen) atoms. The fourth-order valence-electron chi connectivity index (χ4n) is 1.68. The highest BCUT2D eigenvalue weighted by Crippen LogP contribution is 2.31. The minimum absolute atomic E-state index is 0.123. The lowest BCUT2D eigenvalue weighted by Gasteiger charge is -2.27. The van der Waals surface area contributed by atoms with E-state index in [0.29, 0.717) is 15.1 Å².